The minimum atomic E-state index is -1.86. The maximum atomic E-state index is 12.5. The molecule has 0 atom stereocenters. The Balaban J connectivity index is 1.97. The second-order valence-corrected chi connectivity index (χ2v) is 13.6. The second kappa shape index (κ2) is 7.21. The topological polar surface area (TPSA) is 48.0 Å². The molecule has 1 amide bonds. The van der Waals surface area contributed by atoms with Crippen molar-refractivity contribution in [1.29, 1.82) is 0 Å². The molecule has 7 heteroatoms. The van der Waals surface area contributed by atoms with E-state index in [9.17, 15) is 4.79 Å². The van der Waals surface area contributed by atoms with Gasteiger partial charge in [0.2, 0.25) is 12.7 Å². The first-order chi connectivity index (χ1) is 11.0. The highest BCUT2D eigenvalue weighted by Gasteiger charge is 2.37. The van der Waals surface area contributed by atoms with E-state index < -0.39 is 8.32 Å². The predicted octanol–water partition coefficient (Wildman–Crippen LogP) is 4.00. The molecular formula is C17H26INO4Si. The number of ether oxygens (including phenoxy) is 2. The lowest BCUT2D eigenvalue weighted by atomic mass is 10.1. The Morgan fingerprint density at radius 3 is 2.46 bits per heavy atom. The highest BCUT2D eigenvalue weighted by Crippen LogP contribution is 2.37. The molecule has 0 N–H and O–H groups in total. The summed E-state index contributed by atoms with van der Waals surface area (Å²) in [6.07, 6.45) is 0.326. The molecule has 1 aromatic rings. The molecule has 1 aliphatic heterocycles. The maximum Gasteiger partial charge on any atom is 0.231 e. The molecule has 0 saturated carbocycles. The van der Waals surface area contributed by atoms with E-state index in [0.717, 1.165) is 14.9 Å². The molecule has 24 heavy (non-hydrogen) atoms. The van der Waals surface area contributed by atoms with Crippen LogP contribution in [0.5, 0.6) is 11.5 Å². The highest BCUT2D eigenvalue weighted by molar-refractivity contribution is 14.1. The van der Waals surface area contributed by atoms with E-state index in [1.54, 1.807) is 11.9 Å². The number of carbonyl (C=O) groups is 1. The molecule has 0 unspecified atom stereocenters. The molecule has 134 valence electrons. The molecule has 1 aliphatic rings. The van der Waals surface area contributed by atoms with Gasteiger partial charge in [-0.2, -0.15) is 0 Å². The Morgan fingerprint density at radius 2 is 1.88 bits per heavy atom. The van der Waals surface area contributed by atoms with Crippen LogP contribution in [-0.2, 0) is 15.6 Å². The zero-order valence-corrected chi connectivity index (χ0v) is 18.4. The van der Waals surface area contributed by atoms with Gasteiger partial charge in [0, 0.05) is 10.6 Å². The minimum Gasteiger partial charge on any atom is -0.454 e. The largest absolute Gasteiger partial charge is 0.454 e. The average Bonchev–Trinajstić information content (AvgIpc) is 2.90. The minimum absolute atomic E-state index is 0.0329. The van der Waals surface area contributed by atoms with Crippen molar-refractivity contribution in [2.75, 3.05) is 20.6 Å². The quantitative estimate of drug-likeness (QED) is 0.376. The Bertz CT molecular complexity index is 628. The first-order valence-corrected chi connectivity index (χ1v) is 12.0. The lowest BCUT2D eigenvalue weighted by molar-refractivity contribution is -0.132. The van der Waals surface area contributed by atoms with Gasteiger partial charge in [-0.25, -0.2) is 0 Å². The third-order valence-electron chi connectivity index (χ3n) is 4.73. The second-order valence-electron chi connectivity index (χ2n) is 7.60. The molecule has 0 saturated heterocycles. The predicted molar refractivity (Wildman–Crippen MR) is 105 cm³/mol. The van der Waals surface area contributed by atoms with Gasteiger partial charge >= 0.3 is 0 Å². The number of likely N-dealkylation sites (N-methyl/N-ethyl adjacent to an activating group) is 1. The summed E-state index contributed by atoms with van der Waals surface area (Å²) in [6.45, 7) is 11.5. The van der Waals surface area contributed by atoms with Crippen LogP contribution in [-0.4, -0.2) is 39.7 Å². The van der Waals surface area contributed by atoms with Gasteiger partial charge in [-0.1, -0.05) is 20.8 Å². The van der Waals surface area contributed by atoms with Crippen LogP contribution in [0.25, 0.3) is 0 Å². The van der Waals surface area contributed by atoms with Crippen LogP contribution in [0.15, 0.2) is 12.1 Å². The van der Waals surface area contributed by atoms with Crippen molar-refractivity contribution < 1.29 is 18.7 Å². The van der Waals surface area contributed by atoms with Gasteiger partial charge in [-0.05, 0) is 58.4 Å². The van der Waals surface area contributed by atoms with E-state index >= 15 is 0 Å². The van der Waals surface area contributed by atoms with Gasteiger partial charge in [0.15, 0.2) is 19.8 Å². The Kier molecular flexibility index (Phi) is 5.86. The van der Waals surface area contributed by atoms with Crippen LogP contribution in [0.1, 0.15) is 26.3 Å². The van der Waals surface area contributed by atoms with Gasteiger partial charge < -0.3 is 18.8 Å². The summed E-state index contributed by atoms with van der Waals surface area (Å²) >= 11 is 2.22. The van der Waals surface area contributed by atoms with E-state index in [4.69, 9.17) is 13.9 Å². The molecule has 0 radical (unpaired) electrons. The van der Waals surface area contributed by atoms with Gasteiger partial charge in [-0.15, -0.1) is 0 Å². The third-order valence-corrected chi connectivity index (χ3v) is 10.2. The summed E-state index contributed by atoms with van der Waals surface area (Å²) in [5.74, 6) is 1.48. The van der Waals surface area contributed by atoms with Crippen molar-refractivity contribution in [1.82, 2.24) is 4.90 Å². The maximum absolute atomic E-state index is 12.5. The first kappa shape index (κ1) is 19.5. The van der Waals surface area contributed by atoms with Crippen molar-refractivity contribution in [2.45, 2.75) is 45.3 Å². The van der Waals surface area contributed by atoms with E-state index in [1.165, 1.54) is 0 Å². The van der Waals surface area contributed by atoms with Crippen molar-refractivity contribution in [3.63, 3.8) is 0 Å². The normalized spacial score (nSPS) is 14.0. The molecule has 2 rings (SSSR count). The van der Waals surface area contributed by atoms with Gasteiger partial charge in [-0.3, -0.25) is 4.79 Å². The molecule has 0 aliphatic carbocycles. The summed E-state index contributed by atoms with van der Waals surface area (Å²) in [7, 11) is -0.0753. The monoisotopic (exact) mass is 463 g/mol. The number of hydrogen-bond acceptors (Lipinski definition) is 4. The van der Waals surface area contributed by atoms with E-state index in [1.807, 2.05) is 12.1 Å². The molecule has 1 heterocycles. The van der Waals surface area contributed by atoms with Crippen LogP contribution >= 0.6 is 22.6 Å². The molecule has 0 bridgehead atoms. The molecule has 0 spiro atoms. The van der Waals surface area contributed by atoms with Crippen LogP contribution in [0.3, 0.4) is 0 Å². The molecular weight excluding hydrogens is 437 g/mol. The van der Waals surface area contributed by atoms with Crippen molar-refractivity contribution in [2.24, 2.45) is 0 Å². The van der Waals surface area contributed by atoms with Crippen LogP contribution in [0.4, 0.5) is 0 Å². The van der Waals surface area contributed by atoms with Gasteiger partial charge in [0.25, 0.3) is 0 Å². The highest BCUT2D eigenvalue weighted by atomic mass is 127. The molecule has 0 fully saturated rings. The van der Waals surface area contributed by atoms with Crippen molar-refractivity contribution >= 4 is 36.8 Å². The van der Waals surface area contributed by atoms with Gasteiger partial charge in [0.05, 0.1) is 6.42 Å². The zero-order chi connectivity index (χ0) is 18.1. The molecule has 5 nitrogen and oxygen atoms in total. The number of halogens is 1. The summed E-state index contributed by atoms with van der Waals surface area (Å²) in [4.78, 5) is 14.2. The number of carbonyl (C=O) groups excluding carboxylic acids is 1. The molecule has 1 aromatic carbocycles. The Hall–Kier alpha value is -0.803. The number of rotatable bonds is 5. The first-order valence-electron chi connectivity index (χ1n) is 7.97. The number of nitrogens with zero attached hydrogens (tertiary/aromatic N) is 1. The summed E-state index contributed by atoms with van der Waals surface area (Å²) in [6, 6.07) is 3.81. The number of fused-ring (bicyclic) bond motifs is 1. The SMILES string of the molecule is CN(CO[Si](C)(C)C(C)(C)C)C(=O)Cc1cc2c(cc1I)OCO2. The Labute approximate surface area is 158 Å². The third kappa shape index (κ3) is 4.43. The Morgan fingerprint density at radius 1 is 1.29 bits per heavy atom. The van der Waals surface area contributed by atoms with Crippen molar-refractivity contribution in [3.8, 4) is 11.5 Å². The lowest BCUT2D eigenvalue weighted by Crippen LogP contribution is -2.44. The molecule has 0 aromatic heterocycles. The average molecular weight is 463 g/mol. The summed E-state index contributed by atoms with van der Waals surface area (Å²) < 4.78 is 17.9. The van der Waals surface area contributed by atoms with E-state index in [2.05, 4.69) is 56.5 Å². The lowest BCUT2D eigenvalue weighted by Gasteiger charge is -2.37. The number of benzene rings is 1. The fraction of sp³-hybridized carbons (Fsp3) is 0.588. The van der Waals surface area contributed by atoms with Crippen LogP contribution < -0.4 is 9.47 Å². The summed E-state index contributed by atoms with van der Waals surface area (Å²) in [5, 5.41) is 0.129. The van der Waals surface area contributed by atoms with E-state index in [0.29, 0.717) is 18.9 Å². The number of hydrogen-bond donors (Lipinski definition) is 0. The van der Waals surface area contributed by atoms with Crippen molar-refractivity contribution in [3.05, 3.63) is 21.3 Å². The van der Waals surface area contributed by atoms with Crippen LogP contribution in [0.2, 0.25) is 18.1 Å². The fourth-order valence-electron chi connectivity index (χ4n) is 1.94. The van der Waals surface area contributed by atoms with E-state index in [-0.39, 0.29) is 17.7 Å². The zero-order valence-electron chi connectivity index (χ0n) is 15.2. The van der Waals surface area contributed by atoms with Gasteiger partial charge in [0.1, 0.15) is 6.73 Å². The fourth-order valence-corrected chi connectivity index (χ4v) is 3.52. The summed E-state index contributed by atoms with van der Waals surface area (Å²) in [5.41, 5.74) is 0.948. The number of amides is 1. The smallest absolute Gasteiger partial charge is 0.231 e. The standard InChI is InChI=1S/C17H26INO4Si/c1-17(2,3)24(5,6)23-10-19(4)16(20)8-12-7-14-15(9-13(12)18)22-11-21-14/h7,9H,8,10-11H2,1-6H3. The van der Waals surface area contributed by atoms with Crippen LogP contribution in [0, 0.1) is 3.57 Å².